The van der Waals surface area contributed by atoms with E-state index in [1.807, 2.05) is 12.1 Å². The van der Waals surface area contributed by atoms with Gasteiger partial charge in [-0.3, -0.25) is 9.78 Å². The Morgan fingerprint density at radius 1 is 1.47 bits per heavy atom. The van der Waals surface area contributed by atoms with Crippen molar-refractivity contribution in [3.05, 3.63) is 30.1 Å². The summed E-state index contributed by atoms with van der Waals surface area (Å²) in [6.45, 7) is 1.38. The number of nitrogens with zero attached hydrogens (tertiary/aromatic N) is 2. The molecule has 15 heavy (non-hydrogen) atoms. The van der Waals surface area contributed by atoms with Gasteiger partial charge in [-0.1, -0.05) is 0 Å². The van der Waals surface area contributed by atoms with Gasteiger partial charge in [-0.2, -0.15) is 0 Å². The van der Waals surface area contributed by atoms with E-state index in [-0.39, 0.29) is 18.4 Å². The van der Waals surface area contributed by atoms with Gasteiger partial charge in [-0.25, -0.2) is 0 Å². The monoisotopic (exact) mass is 206 g/mol. The highest BCUT2D eigenvalue weighted by atomic mass is 16.3. The lowest BCUT2D eigenvalue weighted by Gasteiger charge is -2.15. The lowest BCUT2D eigenvalue weighted by atomic mass is 10.1. The fourth-order valence-electron chi connectivity index (χ4n) is 1.84. The Balaban J connectivity index is 1.99. The number of aliphatic hydroxyl groups is 1. The van der Waals surface area contributed by atoms with Gasteiger partial charge < -0.3 is 10.0 Å². The fourth-order valence-corrected chi connectivity index (χ4v) is 1.84. The lowest BCUT2D eigenvalue weighted by Crippen LogP contribution is -2.24. The summed E-state index contributed by atoms with van der Waals surface area (Å²) < 4.78 is 0. The molecule has 1 aromatic heterocycles. The maximum absolute atomic E-state index is 11.5. The van der Waals surface area contributed by atoms with Crippen LogP contribution < -0.4 is 0 Å². The van der Waals surface area contributed by atoms with Crippen molar-refractivity contribution in [2.24, 2.45) is 5.92 Å². The van der Waals surface area contributed by atoms with Gasteiger partial charge in [-0.15, -0.1) is 0 Å². The molecule has 0 aromatic carbocycles. The van der Waals surface area contributed by atoms with Crippen molar-refractivity contribution in [1.29, 1.82) is 0 Å². The van der Waals surface area contributed by atoms with Crippen LogP contribution in [-0.2, 0) is 11.3 Å². The predicted octanol–water partition coefficient (Wildman–Crippen LogP) is 0.422. The molecule has 1 fully saturated rings. The molecule has 4 heteroatoms. The number of pyridine rings is 1. The molecule has 1 amide bonds. The summed E-state index contributed by atoms with van der Waals surface area (Å²) >= 11 is 0. The van der Waals surface area contributed by atoms with Crippen molar-refractivity contribution >= 4 is 5.91 Å². The second kappa shape index (κ2) is 4.40. The van der Waals surface area contributed by atoms with E-state index in [2.05, 4.69) is 4.98 Å². The van der Waals surface area contributed by atoms with E-state index in [1.165, 1.54) is 0 Å². The molecule has 0 saturated carbocycles. The number of carbonyl (C=O) groups excluding carboxylic acids is 1. The van der Waals surface area contributed by atoms with Gasteiger partial charge in [0.05, 0.1) is 0 Å². The molecule has 2 rings (SSSR count). The zero-order valence-electron chi connectivity index (χ0n) is 8.47. The minimum Gasteiger partial charge on any atom is -0.396 e. The van der Waals surface area contributed by atoms with Crippen LogP contribution in [0.25, 0.3) is 0 Å². The number of likely N-dealkylation sites (tertiary alicyclic amines) is 1. The molecule has 1 saturated heterocycles. The first kappa shape index (κ1) is 10.1. The molecule has 0 aliphatic carbocycles. The zero-order chi connectivity index (χ0) is 10.7. The third-order valence-electron chi connectivity index (χ3n) is 2.68. The number of aliphatic hydroxyl groups excluding tert-OH is 1. The number of hydrogen-bond donors (Lipinski definition) is 1. The SMILES string of the molecule is O=C1CC(CO)CN1Cc1ccncc1. The van der Waals surface area contributed by atoms with Gasteiger partial charge in [-0.05, 0) is 17.7 Å². The summed E-state index contributed by atoms with van der Waals surface area (Å²) in [5.41, 5.74) is 1.08. The molecule has 1 unspecified atom stereocenters. The minimum absolute atomic E-state index is 0.0958. The number of aromatic nitrogens is 1. The number of amides is 1. The van der Waals surface area contributed by atoms with Crippen LogP contribution in [0.1, 0.15) is 12.0 Å². The van der Waals surface area contributed by atoms with Gasteiger partial charge >= 0.3 is 0 Å². The van der Waals surface area contributed by atoms with E-state index >= 15 is 0 Å². The van der Waals surface area contributed by atoms with Gasteiger partial charge in [0.2, 0.25) is 5.91 Å². The largest absolute Gasteiger partial charge is 0.396 e. The van der Waals surface area contributed by atoms with Crippen molar-refractivity contribution in [2.45, 2.75) is 13.0 Å². The maximum atomic E-state index is 11.5. The van der Waals surface area contributed by atoms with Crippen molar-refractivity contribution in [1.82, 2.24) is 9.88 Å². The highest BCUT2D eigenvalue weighted by Gasteiger charge is 2.28. The predicted molar refractivity (Wildman–Crippen MR) is 54.8 cm³/mol. The first-order valence-electron chi connectivity index (χ1n) is 5.07. The smallest absolute Gasteiger partial charge is 0.223 e. The van der Waals surface area contributed by atoms with E-state index in [9.17, 15) is 4.79 Å². The lowest BCUT2D eigenvalue weighted by molar-refractivity contribution is -0.128. The second-order valence-electron chi connectivity index (χ2n) is 3.88. The Morgan fingerprint density at radius 3 is 2.80 bits per heavy atom. The van der Waals surface area contributed by atoms with Crippen LogP contribution >= 0.6 is 0 Å². The first-order chi connectivity index (χ1) is 7.29. The van der Waals surface area contributed by atoms with Gasteiger partial charge in [0.1, 0.15) is 0 Å². The molecule has 1 N–H and O–H groups in total. The Kier molecular flexibility index (Phi) is 2.97. The first-order valence-corrected chi connectivity index (χ1v) is 5.07. The highest BCUT2D eigenvalue weighted by molar-refractivity contribution is 5.78. The molecule has 1 aliphatic rings. The Hall–Kier alpha value is -1.42. The van der Waals surface area contributed by atoms with Crippen molar-refractivity contribution in [3.63, 3.8) is 0 Å². The van der Waals surface area contributed by atoms with Crippen molar-refractivity contribution in [2.75, 3.05) is 13.2 Å². The van der Waals surface area contributed by atoms with E-state index < -0.39 is 0 Å². The van der Waals surface area contributed by atoms with Gasteiger partial charge in [0.25, 0.3) is 0 Å². The molecular weight excluding hydrogens is 192 g/mol. The Labute approximate surface area is 88.6 Å². The number of hydrogen-bond acceptors (Lipinski definition) is 3. The number of rotatable bonds is 3. The summed E-state index contributed by atoms with van der Waals surface area (Å²) in [4.78, 5) is 17.3. The quantitative estimate of drug-likeness (QED) is 0.780. The molecule has 1 atom stereocenters. The standard InChI is InChI=1S/C11H14N2O2/c14-8-10-5-11(15)13(7-10)6-9-1-3-12-4-2-9/h1-4,10,14H,5-8H2. The molecule has 1 aliphatic heterocycles. The summed E-state index contributed by atoms with van der Waals surface area (Å²) in [5.74, 6) is 0.241. The molecule has 1 aromatic rings. The third kappa shape index (κ3) is 2.33. The molecule has 2 heterocycles. The van der Waals surface area contributed by atoms with E-state index in [0.717, 1.165) is 5.56 Å². The van der Waals surface area contributed by atoms with E-state index in [4.69, 9.17) is 5.11 Å². The minimum atomic E-state index is 0.0958. The van der Waals surface area contributed by atoms with E-state index in [0.29, 0.717) is 19.5 Å². The summed E-state index contributed by atoms with van der Waals surface area (Å²) in [5, 5.41) is 8.98. The van der Waals surface area contributed by atoms with Crippen LogP contribution in [0.5, 0.6) is 0 Å². The van der Waals surface area contributed by atoms with E-state index in [1.54, 1.807) is 17.3 Å². The van der Waals surface area contributed by atoms with Crippen LogP contribution in [0.4, 0.5) is 0 Å². The zero-order valence-corrected chi connectivity index (χ0v) is 8.47. The Morgan fingerprint density at radius 2 is 2.20 bits per heavy atom. The average molecular weight is 206 g/mol. The van der Waals surface area contributed by atoms with Crippen molar-refractivity contribution < 1.29 is 9.90 Å². The van der Waals surface area contributed by atoms with Gasteiger partial charge in [0.15, 0.2) is 0 Å². The highest BCUT2D eigenvalue weighted by Crippen LogP contribution is 2.19. The second-order valence-corrected chi connectivity index (χ2v) is 3.88. The molecule has 0 bridgehead atoms. The third-order valence-corrected chi connectivity index (χ3v) is 2.68. The van der Waals surface area contributed by atoms with Crippen LogP contribution in [-0.4, -0.2) is 34.0 Å². The van der Waals surface area contributed by atoms with Crippen LogP contribution in [0.3, 0.4) is 0 Å². The van der Waals surface area contributed by atoms with Crippen molar-refractivity contribution in [3.8, 4) is 0 Å². The molecule has 0 radical (unpaired) electrons. The summed E-state index contributed by atoms with van der Waals surface area (Å²) in [6.07, 6.45) is 3.92. The Bertz CT molecular complexity index is 340. The molecular formula is C11H14N2O2. The normalized spacial score (nSPS) is 21.0. The molecule has 80 valence electrons. The molecule has 0 spiro atoms. The molecule has 4 nitrogen and oxygen atoms in total. The van der Waals surface area contributed by atoms with Gasteiger partial charge in [0, 0.05) is 44.4 Å². The van der Waals surface area contributed by atoms with Crippen LogP contribution in [0, 0.1) is 5.92 Å². The maximum Gasteiger partial charge on any atom is 0.223 e. The fraction of sp³-hybridized carbons (Fsp3) is 0.455. The number of carbonyl (C=O) groups is 1. The summed E-state index contributed by atoms with van der Waals surface area (Å²) in [7, 11) is 0. The average Bonchev–Trinajstić information content (AvgIpc) is 2.61. The van der Waals surface area contributed by atoms with Crippen LogP contribution in [0.2, 0.25) is 0 Å². The van der Waals surface area contributed by atoms with Crippen LogP contribution in [0.15, 0.2) is 24.5 Å². The topological polar surface area (TPSA) is 53.4 Å². The summed E-state index contributed by atoms with van der Waals surface area (Å²) in [6, 6.07) is 3.80.